The van der Waals surface area contributed by atoms with Crippen molar-refractivity contribution < 1.29 is 9.50 Å². The Morgan fingerprint density at radius 1 is 1.08 bits per heavy atom. The fraction of sp³-hybridized carbons (Fsp3) is 0.350. The zero-order chi connectivity index (χ0) is 18.2. The molecular weight excluding hydrogens is 444 g/mol. The molecule has 0 aliphatic carbocycles. The first-order valence-corrected chi connectivity index (χ1v) is 8.55. The average molecular weight is 471 g/mol. The minimum absolute atomic E-state index is 0. The van der Waals surface area contributed by atoms with E-state index in [1.54, 1.807) is 12.1 Å². The molecule has 0 aromatic heterocycles. The number of phenols is 1. The molecule has 0 heterocycles. The van der Waals surface area contributed by atoms with Gasteiger partial charge in [0.15, 0.2) is 5.96 Å². The van der Waals surface area contributed by atoms with Crippen molar-refractivity contribution in [1.82, 2.24) is 10.6 Å². The number of aromatic hydroxyl groups is 1. The SMILES string of the molecule is CCNC(=NCc1cc(C)c(O)c(C)c1)NCCc1cccc(F)c1.I. The van der Waals surface area contributed by atoms with E-state index in [1.807, 2.05) is 39.0 Å². The molecule has 2 rings (SSSR count). The number of aryl methyl sites for hydroxylation is 2. The molecule has 0 atom stereocenters. The Bertz CT molecular complexity index is 727. The lowest BCUT2D eigenvalue weighted by molar-refractivity contribution is 0.466. The van der Waals surface area contributed by atoms with E-state index in [1.165, 1.54) is 6.07 Å². The summed E-state index contributed by atoms with van der Waals surface area (Å²) in [6, 6.07) is 10.5. The highest BCUT2D eigenvalue weighted by atomic mass is 127. The summed E-state index contributed by atoms with van der Waals surface area (Å²) in [6.45, 7) is 7.74. The molecule has 0 saturated heterocycles. The molecular formula is C20H27FIN3O. The van der Waals surface area contributed by atoms with Gasteiger partial charge in [-0.1, -0.05) is 24.3 Å². The molecule has 0 amide bonds. The van der Waals surface area contributed by atoms with Gasteiger partial charge in [0.1, 0.15) is 11.6 Å². The Labute approximate surface area is 172 Å². The van der Waals surface area contributed by atoms with Gasteiger partial charge < -0.3 is 15.7 Å². The highest BCUT2D eigenvalue weighted by Gasteiger charge is 2.04. The van der Waals surface area contributed by atoms with E-state index < -0.39 is 0 Å². The van der Waals surface area contributed by atoms with E-state index in [-0.39, 0.29) is 29.8 Å². The first-order valence-electron chi connectivity index (χ1n) is 8.55. The number of hydrogen-bond donors (Lipinski definition) is 3. The average Bonchev–Trinajstić information content (AvgIpc) is 2.57. The van der Waals surface area contributed by atoms with Crippen molar-refractivity contribution in [2.24, 2.45) is 4.99 Å². The molecule has 26 heavy (non-hydrogen) atoms. The molecule has 0 fully saturated rings. The number of rotatable bonds is 6. The van der Waals surface area contributed by atoms with E-state index in [0.29, 0.717) is 18.8 Å². The summed E-state index contributed by atoms with van der Waals surface area (Å²) in [5.74, 6) is 0.853. The van der Waals surface area contributed by atoms with Crippen LogP contribution in [0.5, 0.6) is 5.75 Å². The Kier molecular flexibility index (Phi) is 9.40. The molecule has 4 nitrogen and oxygen atoms in total. The van der Waals surface area contributed by atoms with E-state index in [9.17, 15) is 9.50 Å². The van der Waals surface area contributed by atoms with Gasteiger partial charge in [-0.05, 0) is 61.6 Å². The monoisotopic (exact) mass is 471 g/mol. The lowest BCUT2D eigenvalue weighted by Crippen LogP contribution is -2.38. The molecule has 0 radical (unpaired) electrons. The van der Waals surface area contributed by atoms with Crippen molar-refractivity contribution in [2.75, 3.05) is 13.1 Å². The molecule has 6 heteroatoms. The fourth-order valence-corrected chi connectivity index (χ4v) is 2.67. The van der Waals surface area contributed by atoms with Crippen LogP contribution in [-0.4, -0.2) is 24.2 Å². The van der Waals surface area contributed by atoms with Crippen LogP contribution in [0.1, 0.15) is 29.2 Å². The second kappa shape index (κ2) is 11.0. The van der Waals surface area contributed by atoms with Crippen LogP contribution in [0.25, 0.3) is 0 Å². The summed E-state index contributed by atoms with van der Waals surface area (Å²) in [4.78, 5) is 4.58. The number of aliphatic imine (C=N–C) groups is 1. The van der Waals surface area contributed by atoms with Gasteiger partial charge in [-0.15, -0.1) is 24.0 Å². The van der Waals surface area contributed by atoms with Gasteiger partial charge in [0, 0.05) is 13.1 Å². The first-order chi connectivity index (χ1) is 12.0. The third-order valence-corrected chi connectivity index (χ3v) is 3.91. The summed E-state index contributed by atoms with van der Waals surface area (Å²) in [5.41, 5.74) is 3.71. The van der Waals surface area contributed by atoms with Gasteiger partial charge in [0.05, 0.1) is 6.54 Å². The van der Waals surface area contributed by atoms with Crippen molar-refractivity contribution in [3.63, 3.8) is 0 Å². The Morgan fingerprint density at radius 2 is 1.77 bits per heavy atom. The predicted molar refractivity (Wildman–Crippen MR) is 116 cm³/mol. The molecule has 2 aromatic rings. The minimum Gasteiger partial charge on any atom is -0.507 e. The quantitative estimate of drug-likeness (QED) is 0.339. The van der Waals surface area contributed by atoms with Crippen LogP contribution in [0.3, 0.4) is 0 Å². The maximum atomic E-state index is 13.2. The minimum atomic E-state index is -0.212. The summed E-state index contributed by atoms with van der Waals surface area (Å²) in [7, 11) is 0. The maximum absolute atomic E-state index is 13.2. The standard InChI is InChI=1S/C20H26FN3O.HI/c1-4-22-20(23-9-8-16-6-5-7-18(21)12-16)24-13-17-10-14(2)19(25)15(3)11-17;/h5-7,10-12,25H,4,8-9,13H2,1-3H3,(H2,22,23,24);1H. The van der Waals surface area contributed by atoms with E-state index >= 15 is 0 Å². The van der Waals surface area contributed by atoms with Crippen molar-refractivity contribution >= 4 is 29.9 Å². The van der Waals surface area contributed by atoms with Crippen LogP contribution in [0.4, 0.5) is 4.39 Å². The zero-order valence-electron chi connectivity index (χ0n) is 15.5. The molecule has 0 aliphatic heterocycles. The van der Waals surface area contributed by atoms with Gasteiger partial charge >= 0.3 is 0 Å². The highest BCUT2D eigenvalue weighted by molar-refractivity contribution is 14.0. The smallest absolute Gasteiger partial charge is 0.191 e. The number of phenolic OH excluding ortho intramolecular Hbond substituents is 1. The largest absolute Gasteiger partial charge is 0.507 e. The topological polar surface area (TPSA) is 56.7 Å². The van der Waals surface area contributed by atoms with Crippen LogP contribution in [-0.2, 0) is 13.0 Å². The number of guanidine groups is 1. The molecule has 2 aromatic carbocycles. The molecule has 0 spiro atoms. The van der Waals surface area contributed by atoms with Gasteiger partial charge in [0.25, 0.3) is 0 Å². The summed E-state index contributed by atoms with van der Waals surface area (Å²) < 4.78 is 13.2. The van der Waals surface area contributed by atoms with Crippen molar-refractivity contribution in [3.05, 3.63) is 64.5 Å². The Balaban J connectivity index is 0.00000338. The van der Waals surface area contributed by atoms with Gasteiger partial charge in [-0.2, -0.15) is 0 Å². The van der Waals surface area contributed by atoms with E-state index in [4.69, 9.17) is 0 Å². The van der Waals surface area contributed by atoms with Gasteiger partial charge in [-0.25, -0.2) is 9.38 Å². The number of benzene rings is 2. The number of hydrogen-bond acceptors (Lipinski definition) is 2. The van der Waals surface area contributed by atoms with Crippen LogP contribution in [0, 0.1) is 19.7 Å². The maximum Gasteiger partial charge on any atom is 0.191 e. The number of nitrogens with one attached hydrogen (secondary N) is 2. The van der Waals surface area contributed by atoms with E-state index in [0.717, 1.165) is 41.2 Å². The lowest BCUT2D eigenvalue weighted by atomic mass is 10.1. The predicted octanol–water partition coefficient (Wildman–Crippen LogP) is 4.06. The molecule has 0 unspecified atom stereocenters. The van der Waals surface area contributed by atoms with E-state index in [2.05, 4.69) is 15.6 Å². The van der Waals surface area contributed by atoms with Crippen LogP contribution < -0.4 is 10.6 Å². The summed E-state index contributed by atoms with van der Waals surface area (Å²) in [5, 5.41) is 16.3. The van der Waals surface area contributed by atoms with Crippen molar-refractivity contribution in [2.45, 2.75) is 33.7 Å². The molecule has 0 bridgehead atoms. The highest BCUT2D eigenvalue weighted by Crippen LogP contribution is 2.23. The second-order valence-electron chi connectivity index (χ2n) is 6.08. The van der Waals surface area contributed by atoms with Gasteiger partial charge in [0.2, 0.25) is 0 Å². The van der Waals surface area contributed by atoms with Crippen molar-refractivity contribution in [1.29, 1.82) is 0 Å². The van der Waals surface area contributed by atoms with Crippen LogP contribution in [0.2, 0.25) is 0 Å². The Hall–Kier alpha value is -1.83. The summed E-state index contributed by atoms with van der Waals surface area (Å²) in [6.07, 6.45) is 0.722. The molecule has 3 N–H and O–H groups in total. The zero-order valence-corrected chi connectivity index (χ0v) is 17.8. The first kappa shape index (κ1) is 22.2. The van der Waals surface area contributed by atoms with Crippen molar-refractivity contribution in [3.8, 4) is 5.75 Å². The summed E-state index contributed by atoms with van der Waals surface area (Å²) >= 11 is 0. The molecule has 0 aliphatic rings. The number of halogens is 2. The van der Waals surface area contributed by atoms with Crippen LogP contribution in [0.15, 0.2) is 41.4 Å². The third kappa shape index (κ3) is 6.82. The molecule has 0 saturated carbocycles. The van der Waals surface area contributed by atoms with Gasteiger partial charge in [-0.3, -0.25) is 0 Å². The van der Waals surface area contributed by atoms with Crippen LogP contribution >= 0.6 is 24.0 Å². The third-order valence-electron chi connectivity index (χ3n) is 3.91. The molecule has 142 valence electrons. The normalized spacial score (nSPS) is 11.0. The number of nitrogens with zero attached hydrogens (tertiary/aromatic N) is 1. The fourth-order valence-electron chi connectivity index (χ4n) is 2.67. The Morgan fingerprint density at radius 3 is 2.38 bits per heavy atom. The lowest BCUT2D eigenvalue weighted by Gasteiger charge is -2.12. The second-order valence-corrected chi connectivity index (χ2v) is 6.08.